The van der Waals surface area contributed by atoms with Crippen LogP contribution in [0.2, 0.25) is 0 Å². The van der Waals surface area contributed by atoms with E-state index in [1.165, 1.54) is 0 Å². The molecule has 0 atom stereocenters. The molecule has 0 radical (unpaired) electrons. The van der Waals surface area contributed by atoms with Crippen LogP contribution in [0.5, 0.6) is 0 Å². The molecule has 0 fully saturated rings. The molecule has 0 aromatic heterocycles. The topological polar surface area (TPSA) is 30.8 Å². The zero-order valence-electron chi connectivity index (χ0n) is 8.25. The maximum atomic E-state index is 5.26. The number of hydrogen-bond acceptors (Lipinski definition) is 3. The van der Waals surface area contributed by atoms with Crippen molar-refractivity contribution >= 4 is 6.21 Å². The average molecular weight is 173 g/mol. The van der Waals surface area contributed by atoms with Crippen LogP contribution in [0.4, 0.5) is 0 Å². The molecule has 0 aliphatic heterocycles. The summed E-state index contributed by atoms with van der Waals surface area (Å²) in [4.78, 5) is 4.16. The Hall–Kier alpha value is -0.410. The Balaban J connectivity index is 3.00. The molecule has 0 spiro atoms. The van der Waals surface area contributed by atoms with Crippen LogP contribution in [0.1, 0.15) is 20.3 Å². The lowest BCUT2D eigenvalue weighted by molar-refractivity contribution is 0.126. The lowest BCUT2D eigenvalue weighted by Gasteiger charge is -2.00. The molecule has 72 valence electrons. The summed E-state index contributed by atoms with van der Waals surface area (Å²) in [5.41, 5.74) is 0. The first kappa shape index (κ1) is 11.6. The number of hydrogen-bond donors (Lipinski definition) is 0. The van der Waals surface area contributed by atoms with Gasteiger partial charge < -0.3 is 9.47 Å². The van der Waals surface area contributed by atoms with Gasteiger partial charge in [0.05, 0.1) is 6.61 Å². The fourth-order valence-electron chi connectivity index (χ4n) is 0.695. The molecule has 0 N–H and O–H groups in total. The minimum atomic E-state index is 0.368. The van der Waals surface area contributed by atoms with Crippen molar-refractivity contribution < 1.29 is 9.47 Å². The van der Waals surface area contributed by atoms with Crippen LogP contribution < -0.4 is 0 Å². The van der Waals surface area contributed by atoms with E-state index in [0.29, 0.717) is 12.6 Å². The predicted octanol–water partition coefficient (Wildman–Crippen LogP) is 1.52. The number of rotatable bonds is 7. The minimum absolute atomic E-state index is 0.368. The fraction of sp³-hybridized carbons (Fsp3) is 0.889. The molecule has 0 aromatic carbocycles. The maximum Gasteiger partial charge on any atom is 0.0814 e. The van der Waals surface area contributed by atoms with Crippen molar-refractivity contribution in [1.82, 2.24) is 0 Å². The average Bonchev–Trinajstić information content (AvgIpc) is 2.02. The third-order valence-electron chi connectivity index (χ3n) is 1.23. The Bertz CT molecular complexity index is 113. The second-order valence-corrected chi connectivity index (χ2v) is 2.85. The van der Waals surface area contributed by atoms with Gasteiger partial charge in [0.15, 0.2) is 0 Å². The Kier molecular flexibility index (Phi) is 8.39. The van der Waals surface area contributed by atoms with Crippen LogP contribution >= 0.6 is 0 Å². The third-order valence-corrected chi connectivity index (χ3v) is 1.23. The smallest absolute Gasteiger partial charge is 0.0814 e. The van der Waals surface area contributed by atoms with Crippen molar-refractivity contribution in [2.75, 3.05) is 26.9 Å². The molecule has 0 rings (SSSR count). The van der Waals surface area contributed by atoms with E-state index in [9.17, 15) is 0 Å². The first-order valence-electron chi connectivity index (χ1n) is 4.35. The van der Waals surface area contributed by atoms with Gasteiger partial charge in [0.2, 0.25) is 0 Å². The van der Waals surface area contributed by atoms with Crippen molar-refractivity contribution in [2.24, 2.45) is 4.99 Å². The van der Waals surface area contributed by atoms with Gasteiger partial charge >= 0.3 is 0 Å². The van der Waals surface area contributed by atoms with Crippen molar-refractivity contribution in [3.05, 3.63) is 0 Å². The molecule has 0 heterocycles. The SMILES string of the molecule is COCCCOC/C=N/C(C)C. The zero-order chi connectivity index (χ0) is 9.23. The highest BCUT2D eigenvalue weighted by atomic mass is 16.5. The van der Waals surface area contributed by atoms with E-state index < -0.39 is 0 Å². The Labute approximate surface area is 74.8 Å². The van der Waals surface area contributed by atoms with Gasteiger partial charge in [0, 0.05) is 32.6 Å². The fourth-order valence-corrected chi connectivity index (χ4v) is 0.695. The Morgan fingerprint density at radius 3 is 2.67 bits per heavy atom. The lowest BCUT2D eigenvalue weighted by Crippen LogP contribution is -2.02. The van der Waals surface area contributed by atoms with Crippen LogP contribution in [-0.2, 0) is 9.47 Å². The van der Waals surface area contributed by atoms with E-state index in [4.69, 9.17) is 9.47 Å². The molecule has 0 bridgehead atoms. The van der Waals surface area contributed by atoms with Crippen LogP contribution in [0.3, 0.4) is 0 Å². The molecule has 0 aliphatic rings. The molecular weight excluding hydrogens is 154 g/mol. The van der Waals surface area contributed by atoms with Crippen molar-refractivity contribution in [3.63, 3.8) is 0 Å². The normalized spacial score (nSPS) is 11.7. The van der Waals surface area contributed by atoms with Crippen molar-refractivity contribution in [3.8, 4) is 0 Å². The largest absolute Gasteiger partial charge is 0.385 e. The Morgan fingerprint density at radius 1 is 1.33 bits per heavy atom. The molecule has 0 saturated carbocycles. The van der Waals surface area contributed by atoms with Gasteiger partial charge in [-0.3, -0.25) is 4.99 Å². The molecule has 3 nitrogen and oxygen atoms in total. The monoisotopic (exact) mass is 173 g/mol. The van der Waals surface area contributed by atoms with Crippen LogP contribution in [0.15, 0.2) is 4.99 Å². The van der Waals surface area contributed by atoms with Crippen molar-refractivity contribution in [1.29, 1.82) is 0 Å². The summed E-state index contributed by atoms with van der Waals surface area (Å²) in [6.07, 6.45) is 2.77. The molecular formula is C9H19NO2. The van der Waals surface area contributed by atoms with E-state index in [0.717, 1.165) is 19.6 Å². The lowest BCUT2D eigenvalue weighted by atomic mass is 10.4. The molecule has 0 aliphatic carbocycles. The summed E-state index contributed by atoms with van der Waals surface area (Å²) in [5.74, 6) is 0. The molecule has 0 saturated heterocycles. The summed E-state index contributed by atoms with van der Waals surface area (Å²) in [7, 11) is 1.69. The van der Waals surface area contributed by atoms with Gasteiger partial charge in [0.25, 0.3) is 0 Å². The number of aliphatic imine (C=N–C) groups is 1. The highest BCUT2D eigenvalue weighted by Crippen LogP contribution is 1.85. The van der Waals surface area contributed by atoms with Crippen LogP contribution in [0.25, 0.3) is 0 Å². The highest BCUT2D eigenvalue weighted by molar-refractivity contribution is 5.58. The van der Waals surface area contributed by atoms with Gasteiger partial charge in [-0.15, -0.1) is 0 Å². The standard InChI is InChI=1S/C9H19NO2/c1-9(2)10-5-8-12-7-4-6-11-3/h5,9H,4,6-8H2,1-3H3/b10-5+. The number of methoxy groups -OCH3 is 1. The molecule has 0 amide bonds. The maximum absolute atomic E-state index is 5.26. The van der Waals surface area contributed by atoms with Gasteiger partial charge in [-0.25, -0.2) is 0 Å². The van der Waals surface area contributed by atoms with Crippen LogP contribution in [0, 0.1) is 0 Å². The Morgan fingerprint density at radius 2 is 2.08 bits per heavy atom. The van der Waals surface area contributed by atoms with E-state index in [2.05, 4.69) is 4.99 Å². The number of ether oxygens (including phenoxy) is 2. The van der Waals surface area contributed by atoms with E-state index in [1.54, 1.807) is 7.11 Å². The zero-order valence-corrected chi connectivity index (χ0v) is 8.25. The van der Waals surface area contributed by atoms with E-state index in [1.807, 2.05) is 20.1 Å². The summed E-state index contributed by atoms with van der Waals surface area (Å²) in [6, 6.07) is 0.368. The number of nitrogens with zero attached hydrogens (tertiary/aromatic N) is 1. The minimum Gasteiger partial charge on any atom is -0.385 e. The third kappa shape index (κ3) is 9.59. The first-order chi connectivity index (χ1) is 5.77. The quantitative estimate of drug-likeness (QED) is 0.431. The second kappa shape index (κ2) is 8.68. The van der Waals surface area contributed by atoms with Gasteiger partial charge in [-0.05, 0) is 20.3 Å². The first-order valence-corrected chi connectivity index (χ1v) is 4.35. The van der Waals surface area contributed by atoms with E-state index in [-0.39, 0.29) is 0 Å². The summed E-state index contributed by atoms with van der Waals surface area (Å²) in [6.45, 7) is 6.21. The summed E-state index contributed by atoms with van der Waals surface area (Å²) < 4.78 is 10.1. The molecule has 0 aromatic rings. The summed E-state index contributed by atoms with van der Waals surface area (Å²) in [5, 5.41) is 0. The van der Waals surface area contributed by atoms with Gasteiger partial charge in [-0.1, -0.05) is 0 Å². The highest BCUT2D eigenvalue weighted by Gasteiger charge is 1.86. The molecule has 0 unspecified atom stereocenters. The molecule has 12 heavy (non-hydrogen) atoms. The predicted molar refractivity (Wildman–Crippen MR) is 50.9 cm³/mol. The second-order valence-electron chi connectivity index (χ2n) is 2.85. The summed E-state index contributed by atoms with van der Waals surface area (Å²) >= 11 is 0. The van der Waals surface area contributed by atoms with Gasteiger partial charge in [0.1, 0.15) is 0 Å². The molecule has 3 heteroatoms. The van der Waals surface area contributed by atoms with Crippen LogP contribution in [-0.4, -0.2) is 39.2 Å². The van der Waals surface area contributed by atoms with Gasteiger partial charge in [-0.2, -0.15) is 0 Å². The van der Waals surface area contributed by atoms with E-state index >= 15 is 0 Å². The van der Waals surface area contributed by atoms with Crippen molar-refractivity contribution in [2.45, 2.75) is 26.3 Å².